The van der Waals surface area contributed by atoms with Crippen LogP contribution in [-0.4, -0.2) is 37.0 Å². The monoisotopic (exact) mass is 327 g/mol. The Hall–Kier alpha value is -1.99. The number of rotatable bonds is 3. The number of nitrogens with one attached hydrogen (secondary N) is 1. The highest BCUT2D eigenvalue weighted by atomic mass is 35.5. The lowest BCUT2D eigenvalue weighted by molar-refractivity contribution is -0.160. The number of anilines is 1. The van der Waals surface area contributed by atoms with Crippen molar-refractivity contribution in [1.29, 1.82) is 0 Å². The minimum absolute atomic E-state index is 0.0584. The van der Waals surface area contributed by atoms with Crippen LogP contribution < -0.4 is 14.8 Å². The maximum absolute atomic E-state index is 12.5. The fourth-order valence-electron chi connectivity index (χ4n) is 2.55. The number of benzene rings is 1. The van der Waals surface area contributed by atoms with Crippen LogP contribution >= 0.6 is 11.6 Å². The van der Waals surface area contributed by atoms with E-state index in [1.807, 2.05) is 0 Å². The Bertz CT molecular complexity index is 626. The standard InChI is InChI=1S/C14H14ClNO6/c15-9-5-8(6-10-11(9)22-7-21-10)16-12(17)14(13(18)19)1-3-20-4-2-14/h5-6H,1-4,7H2,(H,16,17)(H,18,19). The summed E-state index contributed by atoms with van der Waals surface area (Å²) in [7, 11) is 0. The van der Waals surface area contributed by atoms with Crippen molar-refractivity contribution in [3.8, 4) is 11.5 Å². The molecule has 0 aliphatic carbocycles. The summed E-state index contributed by atoms with van der Waals surface area (Å²) in [6, 6.07) is 3.06. The fourth-order valence-corrected chi connectivity index (χ4v) is 2.81. The van der Waals surface area contributed by atoms with E-state index in [4.69, 9.17) is 25.8 Å². The van der Waals surface area contributed by atoms with Gasteiger partial charge in [-0.2, -0.15) is 0 Å². The molecule has 3 rings (SSSR count). The van der Waals surface area contributed by atoms with Gasteiger partial charge in [0.25, 0.3) is 0 Å². The smallest absolute Gasteiger partial charge is 0.319 e. The van der Waals surface area contributed by atoms with Crippen molar-refractivity contribution < 1.29 is 28.9 Å². The minimum atomic E-state index is -1.49. The van der Waals surface area contributed by atoms with Crippen LogP contribution in [0.2, 0.25) is 5.02 Å². The van der Waals surface area contributed by atoms with Crippen LogP contribution in [0.3, 0.4) is 0 Å². The van der Waals surface area contributed by atoms with Crippen LogP contribution in [0.4, 0.5) is 5.69 Å². The van der Waals surface area contributed by atoms with Crippen molar-refractivity contribution in [2.75, 3.05) is 25.3 Å². The van der Waals surface area contributed by atoms with Crippen molar-refractivity contribution in [2.24, 2.45) is 5.41 Å². The largest absolute Gasteiger partial charge is 0.480 e. The summed E-state index contributed by atoms with van der Waals surface area (Å²) < 4.78 is 15.6. The lowest BCUT2D eigenvalue weighted by Gasteiger charge is -2.31. The Morgan fingerprint density at radius 3 is 2.64 bits per heavy atom. The zero-order chi connectivity index (χ0) is 15.7. The number of hydrogen-bond donors (Lipinski definition) is 2. The van der Waals surface area contributed by atoms with Crippen LogP contribution in [0, 0.1) is 5.41 Å². The summed E-state index contributed by atoms with van der Waals surface area (Å²) in [6.07, 6.45) is 0.263. The summed E-state index contributed by atoms with van der Waals surface area (Å²) in [5.74, 6) is -0.906. The fraction of sp³-hybridized carbons (Fsp3) is 0.429. The lowest BCUT2D eigenvalue weighted by Crippen LogP contribution is -2.47. The van der Waals surface area contributed by atoms with E-state index in [2.05, 4.69) is 5.32 Å². The molecule has 8 heteroatoms. The van der Waals surface area contributed by atoms with Gasteiger partial charge in [0.05, 0.1) is 5.02 Å². The van der Waals surface area contributed by atoms with Gasteiger partial charge in [-0.3, -0.25) is 9.59 Å². The zero-order valence-corrected chi connectivity index (χ0v) is 12.3. The van der Waals surface area contributed by atoms with E-state index in [9.17, 15) is 14.7 Å². The first kappa shape index (κ1) is 14.9. The van der Waals surface area contributed by atoms with E-state index in [1.54, 1.807) is 6.07 Å². The van der Waals surface area contributed by atoms with E-state index in [-0.39, 0.29) is 32.8 Å². The molecule has 0 radical (unpaired) electrons. The number of carbonyl (C=O) groups is 2. The molecule has 0 saturated carbocycles. The molecule has 2 aliphatic rings. The number of halogens is 1. The molecule has 118 valence electrons. The first-order valence-electron chi connectivity index (χ1n) is 6.75. The first-order chi connectivity index (χ1) is 10.5. The number of carbonyl (C=O) groups excluding carboxylic acids is 1. The van der Waals surface area contributed by atoms with E-state index in [0.717, 1.165) is 0 Å². The quantitative estimate of drug-likeness (QED) is 0.823. The van der Waals surface area contributed by atoms with Gasteiger partial charge in [-0.05, 0) is 18.9 Å². The van der Waals surface area contributed by atoms with Crippen LogP contribution in [0.15, 0.2) is 12.1 Å². The van der Waals surface area contributed by atoms with Crippen molar-refractivity contribution in [3.05, 3.63) is 17.2 Å². The van der Waals surface area contributed by atoms with Gasteiger partial charge in [0.15, 0.2) is 16.9 Å². The molecule has 22 heavy (non-hydrogen) atoms. The molecule has 2 heterocycles. The minimum Gasteiger partial charge on any atom is -0.480 e. The Morgan fingerprint density at radius 2 is 1.95 bits per heavy atom. The van der Waals surface area contributed by atoms with Gasteiger partial charge in [-0.1, -0.05) is 11.6 Å². The second kappa shape index (κ2) is 5.66. The second-order valence-electron chi connectivity index (χ2n) is 5.15. The van der Waals surface area contributed by atoms with Crippen LogP contribution in [-0.2, 0) is 14.3 Å². The molecular formula is C14H14ClNO6. The molecule has 1 aromatic carbocycles. The molecule has 0 aromatic heterocycles. The highest BCUT2D eigenvalue weighted by Crippen LogP contribution is 2.42. The predicted octanol–water partition coefficient (Wildman–Crippen LogP) is 1.89. The molecule has 1 saturated heterocycles. The topological polar surface area (TPSA) is 94.1 Å². The number of fused-ring (bicyclic) bond motifs is 1. The van der Waals surface area contributed by atoms with Crippen molar-refractivity contribution in [1.82, 2.24) is 0 Å². The third kappa shape index (κ3) is 2.46. The Balaban J connectivity index is 1.84. The van der Waals surface area contributed by atoms with E-state index in [1.165, 1.54) is 6.07 Å². The second-order valence-corrected chi connectivity index (χ2v) is 5.55. The Labute approximate surface area is 131 Å². The average Bonchev–Trinajstić information content (AvgIpc) is 2.96. The maximum atomic E-state index is 12.5. The van der Waals surface area contributed by atoms with Gasteiger partial charge >= 0.3 is 5.97 Å². The SMILES string of the molecule is O=C(O)C1(C(=O)Nc2cc(Cl)c3c(c2)OCO3)CCOCC1. The molecule has 0 spiro atoms. The van der Waals surface area contributed by atoms with E-state index in [0.29, 0.717) is 22.2 Å². The number of amides is 1. The summed E-state index contributed by atoms with van der Waals surface area (Å²) in [6.45, 7) is 0.534. The van der Waals surface area contributed by atoms with Crippen molar-refractivity contribution in [3.63, 3.8) is 0 Å². The highest BCUT2D eigenvalue weighted by Gasteiger charge is 2.47. The average molecular weight is 328 g/mol. The number of hydrogen-bond acceptors (Lipinski definition) is 5. The first-order valence-corrected chi connectivity index (χ1v) is 7.12. The van der Waals surface area contributed by atoms with Gasteiger partial charge in [-0.25, -0.2) is 0 Å². The Kier molecular flexibility index (Phi) is 3.84. The van der Waals surface area contributed by atoms with Gasteiger partial charge in [0, 0.05) is 25.0 Å². The zero-order valence-electron chi connectivity index (χ0n) is 11.6. The normalized spacial score (nSPS) is 18.8. The summed E-state index contributed by atoms with van der Waals surface area (Å²) in [5.41, 5.74) is -1.12. The predicted molar refractivity (Wildman–Crippen MR) is 76.3 cm³/mol. The van der Waals surface area contributed by atoms with Crippen molar-refractivity contribution in [2.45, 2.75) is 12.8 Å². The molecule has 7 nitrogen and oxygen atoms in total. The summed E-state index contributed by atoms with van der Waals surface area (Å²) in [4.78, 5) is 24.1. The lowest BCUT2D eigenvalue weighted by atomic mass is 9.79. The van der Waals surface area contributed by atoms with Gasteiger partial charge in [0.2, 0.25) is 12.7 Å². The molecule has 2 aliphatic heterocycles. The van der Waals surface area contributed by atoms with E-state index >= 15 is 0 Å². The summed E-state index contributed by atoms with van der Waals surface area (Å²) in [5, 5.41) is 12.4. The van der Waals surface area contributed by atoms with Crippen molar-refractivity contribution >= 4 is 29.2 Å². The summed E-state index contributed by atoms with van der Waals surface area (Å²) >= 11 is 6.05. The molecule has 1 fully saturated rings. The maximum Gasteiger partial charge on any atom is 0.319 e. The Morgan fingerprint density at radius 1 is 1.23 bits per heavy atom. The van der Waals surface area contributed by atoms with E-state index < -0.39 is 17.3 Å². The number of carboxylic acid groups (broad SMARTS) is 1. The molecule has 0 unspecified atom stereocenters. The molecule has 1 amide bonds. The highest BCUT2D eigenvalue weighted by molar-refractivity contribution is 6.32. The number of aliphatic carboxylic acids is 1. The molecule has 2 N–H and O–H groups in total. The molecule has 1 aromatic rings. The third-order valence-electron chi connectivity index (χ3n) is 3.88. The van der Waals surface area contributed by atoms with Gasteiger partial charge in [-0.15, -0.1) is 0 Å². The number of ether oxygens (including phenoxy) is 3. The van der Waals surface area contributed by atoms with Crippen LogP contribution in [0.5, 0.6) is 11.5 Å². The molecule has 0 bridgehead atoms. The van der Waals surface area contributed by atoms with Gasteiger partial charge < -0.3 is 24.6 Å². The molecular weight excluding hydrogens is 314 g/mol. The molecule has 0 atom stereocenters. The van der Waals surface area contributed by atoms with Crippen LogP contribution in [0.1, 0.15) is 12.8 Å². The van der Waals surface area contributed by atoms with Crippen LogP contribution in [0.25, 0.3) is 0 Å². The number of carboxylic acids is 1. The third-order valence-corrected chi connectivity index (χ3v) is 4.16. The van der Waals surface area contributed by atoms with Gasteiger partial charge in [0.1, 0.15) is 0 Å².